The highest BCUT2D eigenvalue weighted by Gasteiger charge is 2.41. The lowest BCUT2D eigenvalue weighted by Gasteiger charge is -2.34. The standard InChI is InChI=1S/C21H20ClN5O3/c1-21(13-26-11-19(27(28)29)24-20(26)30-21)12-25-9-8-18-15(10-25)4-7-17(23-18)14-2-5-16(22)6-3-14/h2-7,11H,8-10,12-13H2,1H3. The van der Waals surface area contributed by atoms with E-state index in [2.05, 4.69) is 16.0 Å². The molecule has 0 N–H and O–H groups in total. The summed E-state index contributed by atoms with van der Waals surface area (Å²) < 4.78 is 7.70. The van der Waals surface area contributed by atoms with E-state index in [1.165, 1.54) is 11.8 Å². The van der Waals surface area contributed by atoms with E-state index in [1.54, 1.807) is 4.57 Å². The van der Waals surface area contributed by atoms with Gasteiger partial charge < -0.3 is 14.9 Å². The molecule has 2 aliphatic rings. The van der Waals surface area contributed by atoms with E-state index < -0.39 is 10.5 Å². The smallest absolute Gasteiger partial charge is 0.415 e. The van der Waals surface area contributed by atoms with Gasteiger partial charge >= 0.3 is 11.8 Å². The Kier molecular flexibility index (Phi) is 4.48. The van der Waals surface area contributed by atoms with Crippen molar-refractivity contribution in [1.29, 1.82) is 0 Å². The van der Waals surface area contributed by atoms with E-state index in [1.807, 2.05) is 37.3 Å². The zero-order valence-corrected chi connectivity index (χ0v) is 17.2. The number of halogens is 1. The number of pyridine rings is 1. The molecular weight excluding hydrogens is 406 g/mol. The van der Waals surface area contributed by atoms with Gasteiger partial charge in [0.25, 0.3) is 0 Å². The zero-order valence-electron chi connectivity index (χ0n) is 16.4. The highest BCUT2D eigenvalue weighted by Crippen LogP contribution is 2.32. The summed E-state index contributed by atoms with van der Waals surface area (Å²) in [6.45, 7) is 4.95. The van der Waals surface area contributed by atoms with Gasteiger partial charge in [0.2, 0.25) is 0 Å². The number of fused-ring (bicyclic) bond motifs is 2. The van der Waals surface area contributed by atoms with Crippen LogP contribution in [-0.4, -0.2) is 43.0 Å². The minimum absolute atomic E-state index is 0.179. The summed E-state index contributed by atoms with van der Waals surface area (Å²) in [6, 6.07) is 12.2. The van der Waals surface area contributed by atoms with Gasteiger partial charge in [0.05, 0.1) is 12.2 Å². The normalized spacial score (nSPS) is 20.5. The van der Waals surface area contributed by atoms with Crippen molar-refractivity contribution in [3.63, 3.8) is 0 Å². The molecule has 1 aromatic carbocycles. The molecule has 0 bridgehead atoms. The number of nitrogens with zero attached hydrogens (tertiary/aromatic N) is 5. The van der Waals surface area contributed by atoms with Crippen LogP contribution >= 0.6 is 11.6 Å². The lowest BCUT2D eigenvalue weighted by Crippen LogP contribution is -2.46. The lowest BCUT2D eigenvalue weighted by molar-refractivity contribution is -0.389. The molecule has 0 fully saturated rings. The molecule has 1 atom stereocenters. The average molecular weight is 426 g/mol. The summed E-state index contributed by atoms with van der Waals surface area (Å²) in [4.78, 5) is 21.6. The van der Waals surface area contributed by atoms with E-state index in [9.17, 15) is 10.1 Å². The lowest BCUT2D eigenvalue weighted by atomic mass is 10.0. The van der Waals surface area contributed by atoms with Crippen molar-refractivity contribution >= 4 is 17.4 Å². The Morgan fingerprint density at radius 3 is 2.77 bits per heavy atom. The van der Waals surface area contributed by atoms with Crippen molar-refractivity contribution in [1.82, 2.24) is 19.4 Å². The van der Waals surface area contributed by atoms with Gasteiger partial charge in [0, 0.05) is 47.3 Å². The molecule has 3 aromatic rings. The molecule has 154 valence electrons. The fourth-order valence-electron chi connectivity index (χ4n) is 4.23. The highest BCUT2D eigenvalue weighted by molar-refractivity contribution is 6.30. The first-order valence-corrected chi connectivity index (χ1v) is 10.1. The molecule has 0 saturated carbocycles. The first-order chi connectivity index (χ1) is 14.4. The first kappa shape index (κ1) is 19.0. The van der Waals surface area contributed by atoms with Crippen LogP contribution in [0, 0.1) is 10.1 Å². The van der Waals surface area contributed by atoms with Gasteiger partial charge in [-0.05, 0) is 35.6 Å². The summed E-state index contributed by atoms with van der Waals surface area (Å²) in [5.41, 5.74) is 3.89. The van der Waals surface area contributed by atoms with Crippen molar-refractivity contribution in [2.24, 2.45) is 0 Å². The number of hydrogen-bond donors (Lipinski definition) is 0. The molecule has 0 saturated heterocycles. The van der Waals surface area contributed by atoms with Gasteiger partial charge in [-0.15, -0.1) is 0 Å². The van der Waals surface area contributed by atoms with Crippen LogP contribution in [0.15, 0.2) is 42.6 Å². The van der Waals surface area contributed by atoms with Gasteiger partial charge in [0.15, 0.2) is 0 Å². The summed E-state index contributed by atoms with van der Waals surface area (Å²) in [7, 11) is 0. The van der Waals surface area contributed by atoms with Crippen LogP contribution in [0.2, 0.25) is 5.02 Å². The van der Waals surface area contributed by atoms with E-state index in [4.69, 9.17) is 21.3 Å². The van der Waals surface area contributed by atoms with Crippen LogP contribution in [0.3, 0.4) is 0 Å². The molecule has 0 radical (unpaired) electrons. The Morgan fingerprint density at radius 2 is 2.03 bits per heavy atom. The molecule has 1 unspecified atom stereocenters. The Bertz CT molecular complexity index is 1100. The number of aromatic nitrogens is 3. The Labute approximate surface area is 178 Å². The average Bonchev–Trinajstić information content (AvgIpc) is 3.23. The van der Waals surface area contributed by atoms with Gasteiger partial charge in [0.1, 0.15) is 11.8 Å². The van der Waals surface area contributed by atoms with Crippen molar-refractivity contribution in [3.8, 4) is 17.3 Å². The number of imidazole rings is 1. The molecule has 4 heterocycles. The van der Waals surface area contributed by atoms with E-state index in [-0.39, 0.29) is 5.82 Å². The molecule has 2 aliphatic heterocycles. The van der Waals surface area contributed by atoms with Crippen molar-refractivity contribution < 1.29 is 9.66 Å². The van der Waals surface area contributed by atoms with Gasteiger partial charge in [-0.2, -0.15) is 0 Å². The predicted molar refractivity (Wildman–Crippen MR) is 112 cm³/mol. The van der Waals surface area contributed by atoms with Crippen LogP contribution < -0.4 is 4.74 Å². The minimum Gasteiger partial charge on any atom is -0.436 e. The minimum atomic E-state index is -0.501. The van der Waals surface area contributed by atoms with Crippen molar-refractivity contribution in [2.45, 2.75) is 32.0 Å². The Morgan fingerprint density at radius 1 is 1.23 bits per heavy atom. The van der Waals surface area contributed by atoms with Crippen molar-refractivity contribution in [2.75, 3.05) is 13.1 Å². The molecule has 9 heteroatoms. The third-order valence-corrected chi connectivity index (χ3v) is 5.83. The maximum absolute atomic E-state index is 10.9. The number of rotatable bonds is 4. The maximum atomic E-state index is 10.9. The molecule has 0 amide bonds. The van der Waals surface area contributed by atoms with E-state index >= 15 is 0 Å². The third-order valence-electron chi connectivity index (χ3n) is 5.58. The second-order valence-corrected chi connectivity index (χ2v) is 8.52. The molecule has 30 heavy (non-hydrogen) atoms. The van der Waals surface area contributed by atoms with Crippen LogP contribution in [0.5, 0.6) is 6.01 Å². The SMILES string of the molecule is CC1(CN2CCc3nc(-c4ccc(Cl)cc4)ccc3C2)Cn2cc([N+](=O)[O-])nc2O1. The summed E-state index contributed by atoms with van der Waals surface area (Å²) in [5, 5.41) is 11.6. The maximum Gasteiger partial charge on any atom is 0.415 e. The highest BCUT2D eigenvalue weighted by atomic mass is 35.5. The summed E-state index contributed by atoms with van der Waals surface area (Å²) in [6.07, 6.45) is 2.30. The van der Waals surface area contributed by atoms with Gasteiger partial charge in [-0.1, -0.05) is 29.8 Å². The molecule has 5 rings (SSSR count). The van der Waals surface area contributed by atoms with Gasteiger partial charge in [-0.25, -0.2) is 0 Å². The Balaban J connectivity index is 1.27. The second kappa shape index (κ2) is 7.07. The second-order valence-electron chi connectivity index (χ2n) is 8.09. The van der Waals surface area contributed by atoms with Crippen LogP contribution in [0.4, 0.5) is 5.82 Å². The fourth-order valence-corrected chi connectivity index (χ4v) is 4.35. The Hall–Kier alpha value is -2.97. The molecule has 0 spiro atoms. The first-order valence-electron chi connectivity index (χ1n) is 9.76. The largest absolute Gasteiger partial charge is 0.436 e. The fraction of sp³-hybridized carbons (Fsp3) is 0.333. The quantitative estimate of drug-likeness (QED) is 0.467. The predicted octanol–water partition coefficient (Wildman–Crippen LogP) is 3.72. The number of hydrogen-bond acceptors (Lipinski definition) is 6. The van der Waals surface area contributed by atoms with Crippen LogP contribution in [0.25, 0.3) is 11.3 Å². The number of nitro groups is 1. The van der Waals surface area contributed by atoms with E-state index in [0.29, 0.717) is 24.1 Å². The zero-order chi connectivity index (χ0) is 20.9. The van der Waals surface area contributed by atoms with Crippen molar-refractivity contribution in [3.05, 3.63) is 69.0 Å². The van der Waals surface area contributed by atoms with Gasteiger partial charge in [-0.3, -0.25) is 14.5 Å². The molecular formula is C21H20ClN5O3. The molecule has 0 aliphatic carbocycles. The molecule has 8 nitrogen and oxygen atoms in total. The van der Waals surface area contributed by atoms with Crippen LogP contribution in [-0.2, 0) is 19.5 Å². The molecule has 2 aromatic heterocycles. The number of ether oxygens (including phenoxy) is 1. The number of benzene rings is 1. The van der Waals surface area contributed by atoms with E-state index in [0.717, 1.165) is 36.5 Å². The summed E-state index contributed by atoms with van der Waals surface area (Å²) >= 11 is 5.98. The van der Waals surface area contributed by atoms with Crippen LogP contribution in [0.1, 0.15) is 18.2 Å². The summed E-state index contributed by atoms with van der Waals surface area (Å²) in [5.74, 6) is -0.179. The third kappa shape index (κ3) is 3.53. The monoisotopic (exact) mass is 425 g/mol. The topological polar surface area (TPSA) is 86.3 Å².